The van der Waals surface area contributed by atoms with Crippen molar-refractivity contribution in [3.63, 3.8) is 0 Å². The zero-order chi connectivity index (χ0) is 16.4. The number of piperazine rings is 1. The number of para-hydroxylation sites is 1. The molecule has 122 valence electrons. The average molecular weight is 322 g/mol. The zero-order valence-electron chi connectivity index (χ0n) is 12.4. The maximum Gasteiger partial charge on any atom is 0.417 e. The molecular weight excluding hydrogens is 305 g/mol. The monoisotopic (exact) mass is 322 g/mol. The van der Waals surface area contributed by atoms with Gasteiger partial charge in [0.2, 0.25) is 0 Å². The van der Waals surface area contributed by atoms with Gasteiger partial charge in [-0.1, -0.05) is 18.2 Å². The maximum atomic E-state index is 12.8. The number of alkyl halides is 3. The summed E-state index contributed by atoms with van der Waals surface area (Å²) in [5.74, 6) is 0.131. The molecular formula is C16H17F3N4. The molecule has 2 aromatic rings. The van der Waals surface area contributed by atoms with Crippen LogP contribution in [-0.4, -0.2) is 31.2 Å². The fourth-order valence-electron chi connectivity index (χ4n) is 2.72. The first-order chi connectivity index (χ1) is 10.9. The third kappa shape index (κ3) is 3.33. The highest BCUT2D eigenvalue weighted by molar-refractivity contribution is 5.65. The van der Waals surface area contributed by atoms with Gasteiger partial charge in [0.15, 0.2) is 0 Å². The van der Waals surface area contributed by atoms with Crippen molar-refractivity contribution in [1.29, 1.82) is 0 Å². The number of nitrogens with zero attached hydrogens (tertiary/aromatic N) is 3. The largest absolute Gasteiger partial charge is 0.417 e. The summed E-state index contributed by atoms with van der Waals surface area (Å²) in [6, 6.07) is 11.0. The SMILES string of the molecule is Nc1ncc(C(F)(F)F)cc1N1CCN(c2ccccc2)CC1. The molecule has 0 spiro atoms. The predicted octanol–water partition coefficient (Wildman–Crippen LogP) is 3.01. The summed E-state index contributed by atoms with van der Waals surface area (Å²) in [5, 5.41) is 0. The van der Waals surface area contributed by atoms with Crippen LogP contribution in [0.4, 0.5) is 30.4 Å². The summed E-state index contributed by atoms with van der Waals surface area (Å²) in [7, 11) is 0. The van der Waals surface area contributed by atoms with Crippen LogP contribution in [0.3, 0.4) is 0 Å². The number of anilines is 3. The molecule has 0 bridgehead atoms. The maximum absolute atomic E-state index is 12.8. The Labute approximate surface area is 132 Å². The highest BCUT2D eigenvalue weighted by Gasteiger charge is 2.32. The van der Waals surface area contributed by atoms with E-state index in [4.69, 9.17) is 5.73 Å². The Balaban J connectivity index is 1.75. The van der Waals surface area contributed by atoms with Crippen LogP contribution in [0.2, 0.25) is 0 Å². The Kier molecular flexibility index (Phi) is 4.02. The Hall–Kier alpha value is -2.44. The number of nitrogens with two attached hydrogens (primary N) is 1. The van der Waals surface area contributed by atoms with Gasteiger partial charge in [0, 0.05) is 38.1 Å². The molecule has 1 saturated heterocycles. The fourth-order valence-corrected chi connectivity index (χ4v) is 2.72. The van der Waals surface area contributed by atoms with Crippen molar-refractivity contribution in [3.8, 4) is 0 Å². The molecule has 0 unspecified atom stereocenters. The van der Waals surface area contributed by atoms with Gasteiger partial charge in [-0.15, -0.1) is 0 Å². The molecule has 0 aliphatic carbocycles. The van der Waals surface area contributed by atoms with Crippen LogP contribution >= 0.6 is 0 Å². The van der Waals surface area contributed by atoms with E-state index in [1.54, 1.807) is 0 Å². The summed E-state index contributed by atoms with van der Waals surface area (Å²) in [4.78, 5) is 7.76. The quantitative estimate of drug-likeness (QED) is 0.923. The van der Waals surface area contributed by atoms with Gasteiger partial charge < -0.3 is 15.5 Å². The summed E-state index contributed by atoms with van der Waals surface area (Å²) in [6.07, 6.45) is -3.64. The van der Waals surface area contributed by atoms with E-state index in [-0.39, 0.29) is 5.82 Å². The Morgan fingerprint density at radius 1 is 0.957 bits per heavy atom. The van der Waals surface area contributed by atoms with E-state index >= 15 is 0 Å². The molecule has 3 rings (SSSR count). The summed E-state index contributed by atoms with van der Waals surface area (Å²) in [5.41, 5.74) is 6.47. The van der Waals surface area contributed by atoms with Gasteiger partial charge in [0.25, 0.3) is 0 Å². The molecule has 0 radical (unpaired) electrons. The molecule has 4 nitrogen and oxygen atoms in total. The second-order valence-corrected chi connectivity index (χ2v) is 5.44. The van der Waals surface area contributed by atoms with Crippen molar-refractivity contribution in [2.75, 3.05) is 41.7 Å². The van der Waals surface area contributed by atoms with Gasteiger partial charge in [0.05, 0.1) is 11.3 Å². The zero-order valence-corrected chi connectivity index (χ0v) is 12.4. The first-order valence-electron chi connectivity index (χ1n) is 7.33. The lowest BCUT2D eigenvalue weighted by atomic mass is 10.2. The Morgan fingerprint density at radius 2 is 1.57 bits per heavy atom. The van der Waals surface area contributed by atoms with E-state index in [9.17, 15) is 13.2 Å². The van der Waals surface area contributed by atoms with Gasteiger partial charge in [-0.25, -0.2) is 4.98 Å². The van der Waals surface area contributed by atoms with E-state index in [2.05, 4.69) is 9.88 Å². The van der Waals surface area contributed by atoms with Crippen molar-refractivity contribution in [3.05, 3.63) is 48.2 Å². The molecule has 23 heavy (non-hydrogen) atoms. The minimum atomic E-state index is -4.42. The molecule has 1 aliphatic rings. The van der Waals surface area contributed by atoms with E-state index in [0.717, 1.165) is 31.0 Å². The minimum absolute atomic E-state index is 0.131. The second-order valence-electron chi connectivity index (χ2n) is 5.44. The number of aromatic nitrogens is 1. The number of rotatable bonds is 2. The van der Waals surface area contributed by atoms with Crippen LogP contribution in [0.1, 0.15) is 5.56 Å². The number of nitrogen functional groups attached to an aromatic ring is 1. The first kappa shape index (κ1) is 15.5. The van der Waals surface area contributed by atoms with Crippen molar-refractivity contribution in [2.24, 2.45) is 0 Å². The average Bonchev–Trinajstić information content (AvgIpc) is 2.55. The number of benzene rings is 1. The number of hydrogen-bond donors (Lipinski definition) is 1. The highest BCUT2D eigenvalue weighted by Crippen LogP contribution is 2.33. The van der Waals surface area contributed by atoms with Crippen molar-refractivity contribution in [2.45, 2.75) is 6.18 Å². The molecule has 2 heterocycles. The smallest absolute Gasteiger partial charge is 0.382 e. The lowest BCUT2D eigenvalue weighted by Crippen LogP contribution is -2.46. The van der Waals surface area contributed by atoms with E-state index in [0.29, 0.717) is 18.8 Å². The van der Waals surface area contributed by atoms with Gasteiger partial charge in [-0.3, -0.25) is 0 Å². The summed E-state index contributed by atoms with van der Waals surface area (Å²) in [6.45, 7) is 2.64. The number of hydrogen-bond acceptors (Lipinski definition) is 4. The summed E-state index contributed by atoms with van der Waals surface area (Å²) >= 11 is 0. The van der Waals surface area contributed by atoms with Crippen LogP contribution in [0, 0.1) is 0 Å². The van der Waals surface area contributed by atoms with Gasteiger partial charge in [0.1, 0.15) is 5.82 Å². The number of halogens is 3. The van der Waals surface area contributed by atoms with Crippen molar-refractivity contribution >= 4 is 17.2 Å². The van der Waals surface area contributed by atoms with Gasteiger partial charge in [-0.2, -0.15) is 13.2 Å². The molecule has 2 N–H and O–H groups in total. The third-order valence-electron chi connectivity index (χ3n) is 3.97. The van der Waals surface area contributed by atoms with Crippen LogP contribution in [0.5, 0.6) is 0 Å². The Morgan fingerprint density at radius 3 is 2.17 bits per heavy atom. The van der Waals surface area contributed by atoms with Crippen LogP contribution in [0.15, 0.2) is 42.6 Å². The molecule has 0 atom stereocenters. The second kappa shape index (κ2) is 5.98. The predicted molar refractivity (Wildman–Crippen MR) is 84.5 cm³/mol. The van der Waals surface area contributed by atoms with Crippen LogP contribution in [-0.2, 0) is 6.18 Å². The highest BCUT2D eigenvalue weighted by atomic mass is 19.4. The molecule has 1 fully saturated rings. The molecule has 1 aromatic carbocycles. The standard InChI is InChI=1S/C16H17F3N4/c17-16(18,19)12-10-14(15(20)21-11-12)23-8-6-22(7-9-23)13-4-2-1-3-5-13/h1-5,10-11H,6-9H2,(H2,20,21). The topological polar surface area (TPSA) is 45.4 Å². The number of pyridine rings is 1. The van der Waals surface area contributed by atoms with Crippen molar-refractivity contribution in [1.82, 2.24) is 4.98 Å². The normalized spacial score (nSPS) is 15.8. The first-order valence-corrected chi connectivity index (χ1v) is 7.33. The molecule has 1 aromatic heterocycles. The van der Waals surface area contributed by atoms with Gasteiger partial charge in [-0.05, 0) is 18.2 Å². The summed E-state index contributed by atoms with van der Waals surface area (Å²) < 4.78 is 38.5. The third-order valence-corrected chi connectivity index (χ3v) is 3.97. The van der Waals surface area contributed by atoms with Crippen LogP contribution < -0.4 is 15.5 Å². The fraction of sp³-hybridized carbons (Fsp3) is 0.312. The van der Waals surface area contributed by atoms with Gasteiger partial charge >= 0.3 is 6.18 Å². The molecule has 7 heteroatoms. The van der Waals surface area contributed by atoms with E-state index in [1.807, 2.05) is 35.2 Å². The molecule has 0 saturated carbocycles. The van der Waals surface area contributed by atoms with Crippen LogP contribution in [0.25, 0.3) is 0 Å². The van der Waals surface area contributed by atoms with E-state index in [1.165, 1.54) is 0 Å². The Bertz CT molecular complexity index is 665. The lowest BCUT2D eigenvalue weighted by Gasteiger charge is -2.37. The van der Waals surface area contributed by atoms with Crippen molar-refractivity contribution < 1.29 is 13.2 Å². The lowest BCUT2D eigenvalue weighted by molar-refractivity contribution is -0.137. The minimum Gasteiger partial charge on any atom is -0.382 e. The molecule has 1 aliphatic heterocycles. The molecule has 0 amide bonds. The van der Waals surface area contributed by atoms with E-state index < -0.39 is 11.7 Å².